The Morgan fingerprint density at radius 1 is 1.29 bits per heavy atom. The van der Waals surface area contributed by atoms with Gasteiger partial charge in [-0.25, -0.2) is 0 Å². The molecule has 0 saturated heterocycles. The first-order valence-electron chi connectivity index (χ1n) is 4.74. The van der Waals surface area contributed by atoms with E-state index in [4.69, 9.17) is 5.53 Å². The van der Waals surface area contributed by atoms with Gasteiger partial charge in [-0.1, -0.05) is 49.3 Å². The highest BCUT2D eigenvalue weighted by atomic mass is 15.2. The van der Waals surface area contributed by atoms with E-state index < -0.39 is 0 Å². The molecule has 0 heterocycles. The number of rotatable bonds is 2. The highest BCUT2D eigenvalue weighted by molar-refractivity contribution is 5.35. The fourth-order valence-electron chi connectivity index (χ4n) is 2.11. The van der Waals surface area contributed by atoms with Crippen molar-refractivity contribution in [3.05, 3.63) is 46.3 Å². The maximum Gasteiger partial charge on any atom is 0.0794 e. The van der Waals surface area contributed by atoms with Crippen molar-refractivity contribution in [2.24, 2.45) is 10.5 Å². The van der Waals surface area contributed by atoms with E-state index in [1.165, 1.54) is 0 Å². The summed E-state index contributed by atoms with van der Waals surface area (Å²) in [5, 5.41) is 3.97. The van der Waals surface area contributed by atoms with E-state index in [2.05, 4.69) is 23.9 Å². The minimum Gasteiger partial charge on any atom is -0.0820 e. The molecule has 3 nitrogen and oxygen atoms in total. The van der Waals surface area contributed by atoms with Crippen LogP contribution in [-0.2, 0) is 5.54 Å². The molecule has 0 amide bonds. The molecule has 0 N–H and O–H groups in total. The highest BCUT2D eigenvalue weighted by Crippen LogP contribution is 2.65. The molecule has 1 aromatic rings. The van der Waals surface area contributed by atoms with Gasteiger partial charge in [-0.15, -0.1) is 0 Å². The zero-order chi connectivity index (χ0) is 10.2. The van der Waals surface area contributed by atoms with Crippen molar-refractivity contribution >= 4 is 0 Å². The Kier molecular flexibility index (Phi) is 1.79. The van der Waals surface area contributed by atoms with Crippen molar-refractivity contribution in [2.45, 2.75) is 25.8 Å². The van der Waals surface area contributed by atoms with Gasteiger partial charge in [-0.05, 0) is 22.9 Å². The Balaban J connectivity index is 2.46. The summed E-state index contributed by atoms with van der Waals surface area (Å²) in [5.41, 5.74) is 9.52. The first-order chi connectivity index (χ1) is 6.62. The van der Waals surface area contributed by atoms with Crippen LogP contribution in [0, 0.1) is 5.41 Å². The zero-order valence-corrected chi connectivity index (χ0v) is 8.44. The third-order valence-corrected chi connectivity index (χ3v) is 3.16. The van der Waals surface area contributed by atoms with Crippen LogP contribution in [0.4, 0.5) is 0 Å². The highest BCUT2D eigenvalue weighted by Gasteiger charge is 2.61. The third-order valence-electron chi connectivity index (χ3n) is 3.16. The molecule has 0 aromatic heterocycles. The summed E-state index contributed by atoms with van der Waals surface area (Å²) in [6, 6.07) is 10.0. The average Bonchev–Trinajstić information content (AvgIpc) is 2.72. The molecule has 1 fully saturated rings. The molecule has 1 aliphatic rings. The molecule has 1 saturated carbocycles. The molecule has 0 spiro atoms. The lowest BCUT2D eigenvalue weighted by Gasteiger charge is -2.14. The van der Waals surface area contributed by atoms with Crippen molar-refractivity contribution in [1.29, 1.82) is 0 Å². The van der Waals surface area contributed by atoms with E-state index >= 15 is 0 Å². The summed E-state index contributed by atoms with van der Waals surface area (Å²) in [7, 11) is 0. The van der Waals surface area contributed by atoms with Crippen LogP contribution in [0.5, 0.6) is 0 Å². The third kappa shape index (κ3) is 1.10. The number of hydrogen-bond donors (Lipinski definition) is 0. The van der Waals surface area contributed by atoms with E-state index in [-0.39, 0.29) is 11.0 Å². The fourth-order valence-corrected chi connectivity index (χ4v) is 2.11. The second kappa shape index (κ2) is 2.76. The van der Waals surface area contributed by atoms with Crippen LogP contribution in [0.25, 0.3) is 10.4 Å². The smallest absolute Gasteiger partial charge is 0.0794 e. The Morgan fingerprint density at radius 2 is 1.86 bits per heavy atom. The van der Waals surface area contributed by atoms with Crippen molar-refractivity contribution < 1.29 is 0 Å². The zero-order valence-electron chi connectivity index (χ0n) is 8.44. The second-order valence-electron chi connectivity index (χ2n) is 4.48. The SMILES string of the molecule is CC1(C)C[C@@]1(N=[N+]=[N-])c1ccccc1. The standard InChI is InChI=1S/C11H13N3/c1-10(2)8-11(10,13-14-12)9-6-4-3-5-7-9/h3-7H,8H2,1-2H3/t11-/m1/s1. The summed E-state index contributed by atoms with van der Waals surface area (Å²) >= 11 is 0. The van der Waals surface area contributed by atoms with Crippen molar-refractivity contribution in [3.63, 3.8) is 0 Å². The summed E-state index contributed by atoms with van der Waals surface area (Å²) in [6.07, 6.45) is 0.939. The Morgan fingerprint density at radius 3 is 2.29 bits per heavy atom. The van der Waals surface area contributed by atoms with Crippen molar-refractivity contribution in [1.82, 2.24) is 0 Å². The predicted octanol–water partition coefficient (Wildman–Crippen LogP) is 3.62. The summed E-state index contributed by atoms with van der Waals surface area (Å²) in [4.78, 5) is 2.97. The molecule has 1 aliphatic carbocycles. The van der Waals surface area contributed by atoms with E-state index in [1.54, 1.807) is 0 Å². The molecular weight excluding hydrogens is 174 g/mol. The molecule has 0 aliphatic heterocycles. The van der Waals surface area contributed by atoms with Gasteiger partial charge in [0.15, 0.2) is 0 Å². The van der Waals surface area contributed by atoms with Gasteiger partial charge in [0, 0.05) is 4.91 Å². The normalized spacial score (nSPS) is 27.9. The number of nitrogens with zero attached hydrogens (tertiary/aromatic N) is 3. The summed E-state index contributed by atoms with van der Waals surface area (Å²) < 4.78 is 0. The largest absolute Gasteiger partial charge is 0.0820 e. The van der Waals surface area contributed by atoms with Crippen LogP contribution < -0.4 is 0 Å². The topological polar surface area (TPSA) is 48.8 Å². The first kappa shape index (κ1) is 9.10. The summed E-state index contributed by atoms with van der Waals surface area (Å²) in [5.74, 6) is 0. The molecule has 14 heavy (non-hydrogen) atoms. The molecule has 1 atom stereocenters. The quantitative estimate of drug-likeness (QED) is 0.385. The van der Waals surface area contributed by atoms with Gasteiger partial charge in [-0.3, -0.25) is 0 Å². The molecule has 0 radical (unpaired) electrons. The predicted molar refractivity (Wildman–Crippen MR) is 55.7 cm³/mol. The molecule has 2 rings (SSSR count). The van der Waals surface area contributed by atoms with E-state index in [1.807, 2.05) is 30.3 Å². The lowest BCUT2D eigenvalue weighted by molar-refractivity contribution is 0.508. The monoisotopic (exact) mass is 187 g/mol. The lowest BCUT2D eigenvalue weighted by atomic mass is 9.97. The minimum atomic E-state index is -0.303. The van der Waals surface area contributed by atoms with Crippen LogP contribution >= 0.6 is 0 Å². The molecule has 72 valence electrons. The van der Waals surface area contributed by atoms with Crippen LogP contribution in [0.1, 0.15) is 25.8 Å². The van der Waals surface area contributed by atoms with Gasteiger partial charge in [-0.2, -0.15) is 0 Å². The Labute approximate surface area is 83.4 Å². The molecule has 0 bridgehead atoms. The van der Waals surface area contributed by atoms with Crippen molar-refractivity contribution in [2.75, 3.05) is 0 Å². The van der Waals surface area contributed by atoms with Gasteiger partial charge in [0.05, 0.1) is 5.54 Å². The Hall–Kier alpha value is -1.47. The molecular formula is C11H13N3. The second-order valence-corrected chi connectivity index (χ2v) is 4.48. The number of benzene rings is 1. The van der Waals surface area contributed by atoms with Gasteiger partial charge in [0.25, 0.3) is 0 Å². The van der Waals surface area contributed by atoms with Gasteiger partial charge in [0.2, 0.25) is 0 Å². The van der Waals surface area contributed by atoms with Crippen LogP contribution in [0.3, 0.4) is 0 Å². The summed E-state index contributed by atoms with van der Waals surface area (Å²) in [6.45, 7) is 4.27. The van der Waals surface area contributed by atoms with Gasteiger partial charge < -0.3 is 0 Å². The maximum atomic E-state index is 8.59. The van der Waals surface area contributed by atoms with Crippen LogP contribution in [0.15, 0.2) is 35.4 Å². The van der Waals surface area contributed by atoms with E-state index in [0.717, 1.165) is 12.0 Å². The Bertz CT molecular complexity index is 390. The lowest BCUT2D eigenvalue weighted by Crippen LogP contribution is -2.10. The van der Waals surface area contributed by atoms with Crippen LogP contribution in [0.2, 0.25) is 0 Å². The number of hydrogen-bond acceptors (Lipinski definition) is 1. The van der Waals surface area contributed by atoms with E-state index in [0.29, 0.717) is 0 Å². The number of azide groups is 1. The maximum absolute atomic E-state index is 8.59. The minimum absolute atomic E-state index is 0.0978. The molecule has 0 unspecified atom stereocenters. The first-order valence-corrected chi connectivity index (χ1v) is 4.74. The molecule has 1 aromatic carbocycles. The fraction of sp³-hybridized carbons (Fsp3) is 0.455. The van der Waals surface area contributed by atoms with Gasteiger partial charge in [0.1, 0.15) is 0 Å². The van der Waals surface area contributed by atoms with Crippen LogP contribution in [-0.4, -0.2) is 0 Å². The molecule has 3 heteroatoms. The van der Waals surface area contributed by atoms with Gasteiger partial charge >= 0.3 is 0 Å². The average molecular weight is 187 g/mol. The van der Waals surface area contributed by atoms with Crippen molar-refractivity contribution in [3.8, 4) is 0 Å². The van der Waals surface area contributed by atoms with E-state index in [9.17, 15) is 0 Å².